The van der Waals surface area contributed by atoms with Crippen molar-refractivity contribution < 1.29 is 4.74 Å². The molecule has 0 spiro atoms. The molecule has 4 rings (SSSR count). The zero-order valence-electron chi connectivity index (χ0n) is 13.3. The Balaban J connectivity index is 1.24. The highest BCUT2D eigenvalue weighted by Crippen LogP contribution is 2.28. The first-order valence-corrected chi connectivity index (χ1v) is 8.39. The monoisotopic (exact) mass is 313 g/mol. The molecule has 1 saturated carbocycles. The maximum atomic E-state index is 5.87. The van der Waals surface area contributed by atoms with Gasteiger partial charge in [0.25, 0.3) is 0 Å². The van der Waals surface area contributed by atoms with Crippen LogP contribution in [0.25, 0.3) is 5.69 Å². The Morgan fingerprint density at radius 3 is 2.83 bits per heavy atom. The largest absolute Gasteiger partial charge is 0.374 e. The van der Waals surface area contributed by atoms with Gasteiger partial charge in [-0.15, -0.1) is 0 Å². The number of rotatable bonds is 6. The summed E-state index contributed by atoms with van der Waals surface area (Å²) in [5, 5.41) is 7.65. The normalized spacial score (nSPS) is 22.3. The minimum Gasteiger partial charge on any atom is -0.374 e. The molecule has 0 radical (unpaired) electrons. The van der Waals surface area contributed by atoms with E-state index in [1.165, 1.54) is 18.4 Å². The molecule has 1 atom stereocenters. The number of ether oxygens (including phenoxy) is 1. The number of hydrogen-bond acceptors (Lipinski definition) is 5. The quantitative estimate of drug-likeness (QED) is 0.869. The number of nitrogens with zero attached hydrogens (tertiary/aromatic N) is 4. The van der Waals surface area contributed by atoms with Crippen molar-refractivity contribution >= 4 is 0 Å². The first-order chi connectivity index (χ1) is 11.4. The van der Waals surface area contributed by atoms with Gasteiger partial charge in [0, 0.05) is 32.2 Å². The predicted molar refractivity (Wildman–Crippen MR) is 87.4 cm³/mol. The molecule has 2 fully saturated rings. The highest BCUT2D eigenvalue weighted by molar-refractivity contribution is 5.33. The molecule has 1 aliphatic carbocycles. The predicted octanol–water partition coefficient (Wildman–Crippen LogP) is 1.22. The van der Waals surface area contributed by atoms with Gasteiger partial charge in [0.2, 0.25) is 0 Å². The summed E-state index contributed by atoms with van der Waals surface area (Å²) in [6, 6.07) is 9.23. The summed E-state index contributed by atoms with van der Waals surface area (Å²) in [4.78, 5) is 6.55. The lowest BCUT2D eigenvalue weighted by atomic mass is 10.2. The molecule has 1 aliphatic heterocycles. The molecule has 122 valence electrons. The summed E-state index contributed by atoms with van der Waals surface area (Å²) in [7, 11) is 0. The van der Waals surface area contributed by atoms with Crippen molar-refractivity contribution in [2.45, 2.75) is 31.5 Å². The van der Waals surface area contributed by atoms with E-state index in [2.05, 4.69) is 44.6 Å². The van der Waals surface area contributed by atoms with Crippen LogP contribution in [0.4, 0.5) is 0 Å². The van der Waals surface area contributed by atoms with Crippen LogP contribution < -0.4 is 5.32 Å². The van der Waals surface area contributed by atoms with Crippen LogP contribution in [0.1, 0.15) is 18.4 Å². The second-order valence-corrected chi connectivity index (χ2v) is 6.36. The molecule has 6 heteroatoms. The van der Waals surface area contributed by atoms with E-state index < -0.39 is 0 Å². The molecular weight excluding hydrogens is 290 g/mol. The van der Waals surface area contributed by atoms with Gasteiger partial charge >= 0.3 is 0 Å². The molecule has 1 N–H and O–H groups in total. The molecule has 0 unspecified atom stereocenters. The number of hydrogen-bond donors (Lipinski definition) is 1. The third kappa shape index (κ3) is 3.77. The van der Waals surface area contributed by atoms with Crippen molar-refractivity contribution in [3.05, 3.63) is 42.5 Å². The van der Waals surface area contributed by atoms with Crippen molar-refractivity contribution in [1.82, 2.24) is 25.0 Å². The van der Waals surface area contributed by atoms with E-state index in [0.717, 1.165) is 44.5 Å². The minimum absolute atomic E-state index is 0.318. The number of nitrogens with one attached hydrogen (secondary N) is 1. The second-order valence-electron chi connectivity index (χ2n) is 6.36. The van der Waals surface area contributed by atoms with Crippen LogP contribution in [0.15, 0.2) is 36.9 Å². The minimum atomic E-state index is 0.318. The molecule has 2 heterocycles. The van der Waals surface area contributed by atoms with Gasteiger partial charge in [0.15, 0.2) is 0 Å². The molecule has 0 bridgehead atoms. The fourth-order valence-electron chi connectivity index (χ4n) is 3.12. The van der Waals surface area contributed by atoms with Gasteiger partial charge in [-0.25, -0.2) is 9.67 Å². The third-order valence-electron chi connectivity index (χ3n) is 4.55. The Kier molecular flexibility index (Phi) is 4.37. The molecule has 1 saturated heterocycles. The highest BCUT2D eigenvalue weighted by atomic mass is 16.5. The second kappa shape index (κ2) is 6.78. The molecule has 2 aromatic rings. The summed E-state index contributed by atoms with van der Waals surface area (Å²) < 4.78 is 7.63. The van der Waals surface area contributed by atoms with Crippen LogP contribution >= 0.6 is 0 Å². The zero-order chi connectivity index (χ0) is 15.5. The SMILES string of the molecule is c1ncn(-c2ccc(CNC[C@@H]3CN(C4CC4)CCO3)cc2)n1. The van der Waals surface area contributed by atoms with Crippen molar-refractivity contribution in [2.24, 2.45) is 0 Å². The Bertz CT molecular complexity index is 608. The topological polar surface area (TPSA) is 55.2 Å². The number of benzene rings is 1. The van der Waals surface area contributed by atoms with Gasteiger partial charge in [-0.3, -0.25) is 4.90 Å². The molecule has 6 nitrogen and oxygen atoms in total. The van der Waals surface area contributed by atoms with Crippen molar-refractivity contribution in [1.29, 1.82) is 0 Å². The Morgan fingerprint density at radius 2 is 2.09 bits per heavy atom. The van der Waals surface area contributed by atoms with Gasteiger partial charge in [0.05, 0.1) is 18.4 Å². The van der Waals surface area contributed by atoms with Crippen LogP contribution in [0.3, 0.4) is 0 Å². The maximum Gasteiger partial charge on any atom is 0.138 e. The molecule has 0 amide bonds. The van der Waals surface area contributed by atoms with Gasteiger partial charge in [-0.1, -0.05) is 12.1 Å². The fraction of sp³-hybridized carbons (Fsp3) is 0.529. The standard InChI is InChI=1S/C17H23N5O/c1-3-16(22-13-19-12-20-22)4-2-14(1)9-18-10-17-11-21(7-8-23-17)15-5-6-15/h1-4,12-13,15,17-18H,5-11H2/t17-/m1/s1. The van der Waals surface area contributed by atoms with Crippen LogP contribution in [0.5, 0.6) is 0 Å². The van der Waals surface area contributed by atoms with Gasteiger partial charge in [-0.05, 0) is 30.5 Å². The number of morpholine rings is 1. The maximum absolute atomic E-state index is 5.87. The summed E-state index contributed by atoms with van der Waals surface area (Å²) in [6.45, 7) is 4.82. The van der Waals surface area contributed by atoms with Crippen LogP contribution in [-0.4, -0.2) is 58.1 Å². The van der Waals surface area contributed by atoms with Gasteiger partial charge in [-0.2, -0.15) is 5.10 Å². The van der Waals surface area contributed by atoms with Crippen LogP contribution in [0, 0.1) is 0 Å². The van der Waals surface area contributed by atoms with Gasteiger partial charge in [0.1, 0.15) is 12.7 Å². The average Bonchev–Trinajstić information content (AvgIpc) is 3.31. The first kappa shape index (κ1) is 14.8. The fourth-order valence-corrected chi connectivity index (χ4v) is 3.12. The number of aromatic nitrogens is 3. The molecule has 1 aromatic carbocycles. The van der Waals surface area contributed by atoms with Gasteiger partial charge < -0.3 is 10.1 Å². The Labute approximate surface area is 136 Å². The van der Waals surface area contributed by atoms with E-state index in [1.54, 1.807) is 17.3 Å². The van der Waals surface area contributed by atoms with Crippen molar-refractivity contribution in [3.8, 4) is 5.69 Å². The van der Waals surface area contributed by atoms with E-state index in [1.807, 2.05) is 0 Å². The summed E-state index contributed by atoms with van der Waals surface area (Å²) in [6.07, 6.45) is 6.32. The van der Waals surface area contributed by atoms with Crippen molar-refractivity contribution in [2.75, 3.05) is 26.2 Å². The van der Waals surface area contributed by atoms with Crippen LogP contribution in [0.2, 0.25) is 0 Å². The highest BCUT2D eigenvalue weighted by Gasteiger charge is 2.32. The van der Waals surface area contributed by atoms with E-state index in [4.69, 9.17) is 4.74 Å². The summed E-state index contributed by atoms with van der Waals surface area (Å²) in [5.74, 6) is 0. The Hall–Kier alpha value is -1.76. The lowest BCUT2D eigenvalue weighted by Crippen LogP contribution is -2.47. The third-order valence-corrected chi connectivity index (χ3v) is 4.55. The van der Waals surface area contributed by atoms with E-state index in [0.29, 0.717) is 6.10 Å². The average molecular weight is 313 g/mol. The molecule has 1 aromatic heterocycles. The van der Waals surface area contributed by atoms with E-state index in [9.17, 15) is 0 Å². The first-order valence-electron chi connectivity index (χ1n) is 8.39. The smallest absolute Gasteiger partial charge is 0.138 e. The zero-order valence-corrected chi connectivity index (χ0v) is 13.3. The Morgan fingerprint density at radius 1 is 1.22 bits per heavy atom. The lowest BCUT2D eigenvalue weighted by molar-refractivity contribution is -0.0301. The van der Waals surface area contributed by atoms with E-state index >= 15 is 0 Å². The molecule has 23 heavy (non-hydrogen) atoms. The molecular formula is C17H23N5O. The van der Waals surface area contributed by atoms with Crippen LogP contribution in [-0.2, 0) is 11.3 Å². The van der Waals surface area contributed by atoms with Crippen molar-refractivity contribution in [3.63, 3.8) is 0 Å². The molecule has 2 aliphatic rings. The summed E-state index contributed by atoms with van der Waals surface area (Å²) >= 11 is 0. The van der Waals surface area contributed by atoms with E-state index in [-0.39, 0.29) is 0 Å². The summed E-state index contributed by atoms with van der Waals surface area (Å²) in [5.41, 5.74) is 2.30. The lowest BCUT2D eigenvalue weighted by Gasteiger charge is -2.33.